The van der Waals surface area contributed by atoms with Crippen molar-refractivity contribution in [3.8, 4) is 16.9 Å². The van der Waals surface area contributed by atoms with E-state index in [0.717, 1.165) is 56.8 Å². The van der Waals surface area contributed by atoms with Crippen LogP contribution in [0.2, 0.25) is 0 Å². The van der Waals surface area contributed by atoms with Crippen LogP contribution in [0.5, 0.6) is 5.75 Å². The minimum atomic E-state index is 0.0424. The molecule has 2 aromatic carbocycles. The van der Waals surface area contributed by atoms with E-state index in [1.807, 2.05) is 12.1 Å². The van der Waals surface area contributed by atoms with E-state index in [-0.39, 0.29) is 6.04 Å². The number of nitrogens with zero attached hydrogens (tertiary/aromatic N) is 2. The third kappa shape index (κ3) is 4.64. The molecule has 154 valence electrons. The van der Waals surface area contributed by atoms with E-state index in [2.05, 4.69) is 53.1 Å². The second kappa shape index (κ2) is 9.00. The maximum absolute atomic E-state index is 13.2. The van der Waals surface area contributed by atoms with Crippen molar-refractivity contribution < 1.29 is 9.53 Å². The minimum absolute atomic E-state index is 0.0424. The zero-order valence-corrected chi connectivity index (χ0v) is 17.6. The van der Waals surface area contributed by atoms with Crippen molar-refractivity contribution in [2.45, 2.75) is 45.2 Å². The van der Waals surface area contributed by atoms with E-state index in [1.165, 1.54) is 17.5 Å². The van der Waals surface area contributed by atoms with Gasteiger partial charge < -0.3 is 9.64 Å². The molecule has 2 aliphatic rings. The zero-order chi connectivity index (χ0) is 20.2. The topological polar surface area (TPSA) is 32.8 Å². The van der Waals surface area contributed by atoms with Crippen molar-refractivity contribution in [1.82, 2.24) is 9.80 Å². The van der Waals surface area contributed by atoms with E-state index < -0.39 is 0 Å². The van der Waals surface area contributed by atoms with Crippen molar-refractivity contribution in [1.29, 1.82) is 0 Å². The van der Waals surface area contributed by atoms with Crippen LogP contribution in [0, 0.1) is 5.92 Å². The quantitative estimate of drug-likeness (QED) is 0.746. The van der Waals surface area contributed by atoms with Gasteiger partial charge in [-0.2, -0.15) is 0 Å². The molecule has 1 amide bonds. The van der Waals surface area contributed by atoms with Crippen LogP contribution in [-0.4, -0.2) is 48.5 Å². The van der Waals surface area contributed by atoms with Gasteiger partial charge in [-0.15, -0.1) is 0 Å². The SMILES string of the molecule is COc1cccc(-c2cccc(CN3CCCC3C(=O)N3CCCC(C)C3)c2)c1. The van der Waals surface area contributed by atoms with Crippen molar-refractivity contribution in [3.05, 3.63) is 54.1 Å². The molecule has 0 radical (unpaired) electrons. The summed E-state index contributed by atoms with van der Waals surface area (Å²) >= 11 is 0. The first-order valence-corrected chi connectivity index (χ1v) is 10.9. The van der Waals surface area contributed by atoms with Gasteiger partial charge in [0.15, 0.2) is 0 Å². The fraction of sp³-hybridized carbons (Fsp3) is 0.480. The molecule has 2 unspecified atom stereocenters. The van der Waals surface area contributed by atoms with Gasteiger partial charge in [-0.1, -0.05) is 37.3 Å². The van der Waals surface area contributed by atoms with Crippen LogP contribution in [0.25, 0.3) is 11.1 Å². The Morgan fingerprint density at radius 3 is 2.59 bits per heavy atom. The normalized spacial score (nSPS) is 22.6. The third-order valence-electron chi connectivity index (χ3n) is 6.33. The van der Waals surface area contributed by atoms with Crippen molar-refractivity contribution in [2.75, 3.05) is 26.7 Å². The van der Waals surface area contributed by atoms with Gasteiger partial charge in [0.25, 0.3) is 0 Å². The number of hydrogen-bond donors (Lipinski definition) is 0. The lowest BCUT2D eigenvalue weighted by Gasteiger charge is -2.35. The molecule has 0 spiro atoms. The molecule has 2 saturated heterocycles. The molecule has 0 saturated carbocycles. The van der Waals surface area contributed by atoms with Gasteiger partial charge in [0, 0.05) is 19.6 Å². The highest BCUT2D eigenvalue weighted by Crippen LogP contribution is 2.28. The number of likely N-dealkylation sites (tertiary alicyclic amines) is 2. The second-order valence-electron chi connectivity index (χ2n) is 8.59. The number of hydrogen-bond acceptors (Lipinski definition) is 3. The van der Waals surface area contributed by atoms with Crippen molar-refractivity contribution in [3.63, 3.8) is 0 Å². The molecule has 0 aliphatic carbocycles. The highest BCUT2D eigenvalue weighted by Gasteiger charge is 2.34. The summed E-state index contributed by atoms with van der Waals surface area (Å²) in [6.07, 6.45) is 4.48. The molecule has 2 atom stereocenters. The van der Waals surface area contributed by atoms with Crippen molar-refractivity contribution in [2.24, 2.45) is 5.92 Å². The average Bonchev–Trinajstić information content (AvgIpc) is 3.21. The van der Waals surface area contributed by atoms with Gasteiger partial charge in [-0.25, -0.2) is 0 Å². The van der Waals surface area contributed by atoms with Gasteiger partial charge in [0.2, 0.25) is 5.91 Å². The summed E-state index contributed by atoms with van der Waals surface area (Å²) in [6, 6.07) is 16.9. The molecule has 2 fully saturated rings. The van der Waals surface area contributed by atoms with E-state index in [4.69, 9.17) is 4.74 Å². The van der Waals surface area contributed by atoms with Crippen LogP contribution in [0.3, 0.4) is 0 Å². The predicted molar refractivity (Wildman–Crippen MR) is 117 cm³/mol. The summed E-state index contributed by atoms with van der Waals surface area (Å²) in [5.74, 6) is 1.84. The minimum Gasteiger partial charge on any atom is -0.497 e. The summed E-state index contributed by atoms with van der Waals surface area (Å²) < 4.78 is 5.37. The Morgan fingerprint density at radius 2 is 1.79 bits per heavy atom. The average molecular weight is 393 g/mol. The largest absolute Gasteiger partial charge is 0.497 e. The molecule has 0 bridgehead atoms. The first-order chi connectivity index (χ1) is 14.1. The van der Waals surface area contributed by atoms with Crippen LogP contribution in [0.4, 0.5) is 0 Å². The predicted octanol–water partition coefficient (Wildman–Crippen LogP) is 4.59. The molecule has 29 heavy (non-hydrogen) atoms. The number of benzene rings is 2. The molecule has 4 rings (SSSR count). The first-order valence-electron chi connectivity index (χ1n) is 10.9. The molecule has 0 N–H and O–H groups in total. The first kappa shape index (κ1) is 20.0. The number of rotatable bonds is 5. The van der Waals surface area contributed by atoms with Crippen LogP contribution in [0.15, 0.2) is 48.5 Å². The Labute approximate surface area is 174 Å². The Morgan fingerprint density at radius 1 is 1.03 bits per heavy atom. The van der Waals surface area contributed by atoms with Gasteiger partial charge in [-0.3, -0.25) is 9.69 Å². The highest BCUT2D eigenvalue weighted by atomic mass is 16.5. The summed E-state index contributed by atoms with van der Waals surface area (Å²) in [5, 5.41) is 0. The lowest BCUT2D eigenvalue weighted by atomic mass is 9.99. The summed E-state index contributed by atoms with van der Waals surface area (Å²) in [5.41, 5.74) is 3.60. The Bertz CT molecular complexity index is 850. The lowest BCUT2D eigenvalue weighted by molar-refractivity contribution is -0.137. The number of carbonyl (C=O) groups excluding carboxylic acids is 1. The maximum Gasteiger partial charge on any atom is 0.239 e. The molecule has 2 aromatic rings. The van der Waals surface area contributed by atoms with Gasteiger partial charge in [-0.05, 0) is 73.0 Å². The second-order valence-corrected chi connectivity index (χ2v) is 8.59. The number of carbonyl (C=O) groups is 1. The van der Waals surface area contributed by atoms with E-state index >= 15 is 0 Å². The molecule has 4 nitrogen and oxygen atoms in total. The fourth-order valence-corrected chi connectivity index (χ4v) is 4.78. The Kier molecular flexibility index (Phi) is 6.19. The van der Waals surface area contributed by atoms with E-state index in [1.54, 1.807) is 7.11 Å². The Hall–Kier alpha value is -2.33. The molecule has 4 heteroatoms. The van der Waals surface area contributed by atoms with Crippen LogP contribution in [-0.2, 0) is 11.3 Å². The highest BCUT2D eigenvalue weighted by molar-refractivity contribution is 5.82. The lowest BCUT2D eigenvalue weighted by Crippen LogP contribution is -2.48. The number of amides is 1. The smallest absolute Gasteiger partial charge is 0.239 e. The van der Waals surface area contributed by atoms with Crippen molar-refractivity contribution >= 4 is 5.91 Å². The van der Waals surface area contributed by atoms with Crippen LogP contribution >= 0.6 is 0 Å². The number of piperidine rings is 1. The van der Waals surface area contributed by atoms with Crippen LogP contribution < -0.4 is 4.74 Å². The maximum atomic E-state index is 13.2. The summed E-state index contributed by atoms with van der Waals surface area (Å²) in [7, 11) is 1.70. The van der Waals surface area contributed by atoms with E-state index in [9.17, 15) is 4.79 Å². The molecule has 0 aromatic heterocycles. The zero-order valence-electron chi connectivity index (χ0n) is 17.6. The van der Waals surface area contributed by atoms with Gasteiger partial charge in [0.05, 0.1) is 13.2 Å². The molecule has 2 heterocycles. The Balaban J connectivity index is 1.47. The molecular formula is C25H32N2O2. The standard InChI is InChI=1S/C25H32N2O2/c1-19-7-5-14-27(17-19)25(28)24-12-6-13-26(24)18-20-8-3-9-21(15-20)22-10-4-11-23(16-22)29-2/h3-4,8-11,15-16,19,24H,5-7,12-14,17-18H2,1-2H3. The summed E-state index contributed by atoms with van der Waals surface area (Å²) in [4.78, 5) is 17.7. The third-order valence-corrected chi connectivity index (χ3v) is 6.33. The molecular weight excluding hydrogens is 360 g/mol. The van der Waals surface area contributed by atoms with E-state index in [0.29, 0.717) is 11.8 Å². The van der Waals surface area contributed by atoms with Gasteiger partial charge in [0.1, 0.15) is 5.75 Å². The monoisotopic (exact) mass is 392 g/mol. The number of ether oxygens (including phenoxy) is 1. The fourth-order valence-electron chi connectivity index (χ4n) is 4.78. The van der Waals surface area contributed by atoms with Crippen LogP contribution in [0.1, 0.15) is 38.2 Å². The number of methoxy groups -OCH3 is 1. The molecule has 2 aliphatic heterocycles. The summed E-state index contributed by atoms with van der Waals surface area (Å²) in [6.45, 7) is 5.95. The van der Waals surface area contributed by atoms with Gasteiger partial charge >= 0.3 is 0 Å².